The second kappa shape index (κ2) is 7.61. The van der Waals surface area contributed by atoms with Crippen LogP contribution in [0.5, 0.6) is 0 Å². The Balaban J connectivity index is 1.70. The molecule has 1 aromatic carbocycles. The van der Waals surface area contributed by atoms with Gasteiger partial charge in [-0.1, -0.05) is 17.7 Å². The molecule has 0 aliphatic carbocycles. The second-order valence-corrected chi connectivity index (χ2v) is 6.88. The summed E-state index contributed by atoms with van der Waals surface area (Å²) in [5.74, 6) is -0.204. The van der Waals surface area contributed by atoms with E-state index in [9.17, 15) is 4.79 Å². The number of carbonyl (C=O) groups is 1. The Morgan fingerprint density at radius 3 is 2.41 bits per heavy atom. The first kappa shape index (κ1) is 18.6. The van der Waals surface area contributed by atoms with E-state index in [1.807, 2.05) is 26.8 Å². The van der Waals surface area contributed by atoms with Gasteiger partial charge in [0.15, 0.2) is 0 Å². The number of rotatable bonds is 5. The highest BCUT2D eigenvalue weighted by atomic mass is 16.2. The normalized spacial score (nSPS) is 11.3. The van der Waals surface area contributed by atoms with E-state index in [4.69, 9.17) is 0 Å². The summed E-state index contributed by atoms with van der Waals surface area (Å²) < 4.78 is 3.85. The van der Waals surface area contributed by atoms with Gasteiger partial charge in [0.1, 0.15) is 6.54 Å². The molecule has 0 unspecified atom stereocenters. The number of aryl methyl sites for hydroxylation is 4. The molecule has 0 radical (unpaired) electrons. The van der Waals surface area contributed by atoms with Crippen molar-refractivity contribution in [1.82, 2.24) is 19.8 Å². The van der Waals surface area contributed by atoms with Crippen molar-refractivity contribution in [2.75, 3.05) is 0 Å². The largest absolute Gasteiger partial charge is 0.318 e. The number of nitrogens with zero attached hydrogens (tertiary/aromatic N) is 4. The number of carbonyl (C=O) groups excluding carboxylic acids is 1. The fourth-order valence-corrected chi connectivity index (χ4v) is 3.19. The van der Waals surface area contributed by atoms with Crippen molar-refractivity contribution < 1.29 is 4.79 Å². The molecular weight excluding hydrogens is 338 g/mol. The maximum absolute atomic E-state index is 12.1. The van der Waals surface area contributed by atoms with Crippen molar-refractivity contribution in [2.24, 2.45) is 5.10 Å². The minimum atomic E-state index is -0.204. The Labute approximate surface area is 159 Å². The summed E-state index contributed by atoms with van der Waals surface area (Å²) in [6.07, 6.45) is 1.69. The average molecular weight is 363 g/mol. The molecule has 3 aromatic rings. The van der Waals surface area contributed by atoms with Crippen LogP contribution in [0.25, 0.3) is 5.69 Å². The third-order valence-corrected chi connectivity index (χ3v) is 4.55. The van der Waals surface area contributed by atoms with Crippen LogP contribution in [-0.2, 0) is 11.3 Å². The fourth-order valence-electron chi connectivity index (χ4n) is 3.19. The molecular formula is C21H25N5O. The first-order chi connectivity index (χ1) is 12.8. The molecule has 140 valence electrons. The highest BCUT2D eigenvalue weighted by molar-refractivity contribution is 5.84. The first-order valence-corrected chi connectivity index (χ1v) is 8.94. The zero-order valence-corrected chi connectivity index (χ0v) is 16.4. The monoisotopic (exact) mass is 363 g/mol. The summed E-state index contributed by atoms with van der Waals surface area (Å²) in [6.45, 7) is 10.2. The van der Waals surface area contributed by atoms with Gasteiger partial charge in [-0.2, -0.15) is 10.2 Å². The van der Waals surface area contributed by atoms with Crippen LogP contribution in [0.3, 0.4) is 0 Å². The maximum atomic E-state index is 12.1. The van der Waals surface area contributed by atoms with E-state index in [0.717, 1.165) is 34.0 Å². The van der Waals surface area contributed by atoms with E-state index >= 15 is 0 Å². The van der Waals surface area contributed by atoms with Gasteiger partial charge in [0.25, 0.3) is 5.91 Å². The van der Waals surface area contributed by atoms with Gasteiger partial charge in [-0.15, -0.1) is 0 Å². The minimum Gasteiger partial charge on any atom is -0.318 e. The lowest BCUT2D eigenvalue weighted by atomic mass is 10.2. The predicted molar refractivity (Wildman–Crippen MR) is 107 cm³/mol. The van der Waals surface area contributed by atoms with Crippen LogP contribution in [0.15, 0.2) is 41.5 Å². The van der Waals surface area contributed by atoms with Gasteiger partial charge in [0.05, 0.1) is 11.9 Å². The average Bonchev–Trinajstić information content (AvgIpc) is 3.07. The van der Waals surface area contributed by atoms with Gasteiger partial charge in [0.2, 0.25) is 0 Å². The molecule has 3 rings (SSSR count). The molecule has 0 aliphatic rings. The van der Waals surface area contributed by atoms with E-state index < -0.39 is 0 Å². The number of hydrazone groups is 1. The van der Waals surface area contributed by atoms with Gasteiger partial charge < -0.3 is 4.57 Å². The topological polar surface area (TPSA) is 64.2 Å². The zero-order valence-electron chi connectivity index (χ0n) is 16.4. The lowest BCUT2D eigenvalue weighted by Gasteiger charge is -2.09. The SMILES string of the molecule is Cc1ccc(-n2c(C)cc(/C=N/NC(=O)Cn3nc(C)cc3C)c2C)cc1. The molecule has 0 bridgehead atoms. The van der Waals surface area contributed by atoms with Crippen LogP contribution in [0.2, 0.25) is 0 Å². The molecule has 0 spiro atoms. The molecule has 0 saturated heterocycles. The molecule has 1 amide bonds. The lowest BCUT2D eigenvalue weighted by Crippen LogP contribution is -2.24. The molecule has 0 aliphatic heterocycles. The van der Waals surface area contributed by atoms with Crippen LogP contribution in [0.1, 0.15) is 33.9 Å². The van der Waals surface area contributed by atoms with Crippen LogP contribution in [0.4, 0.5) is 0 Å². The third-order valence-electron chi connectivity index (χ3n) is 4.55. The lowest BCUT2D eigenvalue weighted by molar-refractivity contribution is -0.121. The summed E-state index contributed by atoms with van der Waals surface area (Å²) in [6, 6.07) is 12.4. The fraction of sp³-hybridized carbons (Fsp3) is 0.286. The molecule has 0 fully saturated rings. The molecule has 6 nitrogen and oxygen atoms in total. The van der Waals surface area contributed by atoms with Crippen molar-refractivity contribution in [2.45, 2.75) is 41.2 Å². The van der Waals surface area contributed by atoms with Crippen molar-refractivity contribution >= 4 is 12.1 Å². The van der Waals surface area contributed by atoms with Crippen molar-refractivity contribution in [3.63, 3.8) is 0 Å². The van der Waals surface area contributed by atoms with E-state index in [1.165, 1.54) is 5.56 Å². The number of aromatic nitrogens is 3. The van der Waals surface area contributed by atoms with Crippen LogP contribution < -0.4 is 5.43 Å². The van der Waals surface area contributed by atoms with Gasteiger partial charge in [-0.25, -0.2) is 5.43 Å². The van der Waals surface area contributed by atoms with Gasteiger partial charge in [-0.3, -0.25) is 9.48 Å². The van der Waals surface area contributed by atoms with Crippen LogP contribution >= 0.6 is 0 Å². The van der Waals surface area contributed by atoms with E-state index in [1.54, 1.807) is 10.9 Å². The Hall–Kier alpha value is -3.15. The van der Waals surface area contributed by atoms with Gasteiger partial charge in [0, 0.05) is 28.3 Å². The number of nitrogens with one attached hydrogen (secondary N) is 1. The number of benzene rings is 1. The Morgan fingerprint density at radius 1 is 1.07 bits per heavy atom. The summed E-state index contributed by atoms with van der Waals surface area (Å²) in [5.41, 5.74) is 9.94. The Morgan fingerprint density at radius 2 is 1.78 bits per heavy atom. The van der Waals surface area contributed by atoms with E-state index in [0.29, 0.717) is 0 Å². The first-order valence-electron chi connectivity index (χ1n) is 8.94. The summed E-state index contributed by atoms with van der Waals surface area (Å²) >= 11 is 0. The summed E-state index contributed by atoms with van der Waals surface area (Å²) in [7, 11) is 0. The zero-order chi connectivity index (χ0) is 19.6. The Bertz CT molecular complexity index is 993. The molecule has 27 heavy (non-hydrogen) atoms. The molecule has 1 N–H and O–H groups in total. The molecule has 2 heterocycles. The van der Waals surface area contributed by atoms with Gasteiger partial charge >= 0.3 is 0 Å². The molecule has 6 heteroatoms. The van der Waals surface area contributed by atoms with E-state index in [2.05, 4.69) is 64.4 Å². The van der Waals surface area contributed by atoms with E-state index in [-0.39, 0.29) is 12.5 Å². The summed E-state index contributed by atoms with van der Waals surface area (Å²) in [5, 5.41) is 8.40. The maximum Gasteiger partial charge on any atom is 0.261 e. The highest BCUT2D eigenvalue weighted by Gasteiger charge is 2.10. The van der Waals surface area contributed by atoms with Crippen molar-refractivity contribution in [3.05, 3.63) is 70.3 Å². The Kier molecular flexibility index (Phi) is 5.26. The highest BCUT2D eigenvalue weighted by Crippen LogP contribution is 2.20. The van der Waals surface area contributed by atoms with Crippen molar-refractivity contribution in [3.8, 4) is 5.69 Å². The molecule has 0 atom stereocenters. The smallest absolute Gasteiger partial charge is 0.261 e. The number of amides is 1. The minimum absolute atomic E-state index is 0.152. The quantitative estimate of drug-likeness (QED) is 0.558. The van der Waals surface area contributed by atoms with Crippen molar-refractivity contribution in [1.29, 1.82) is 0 Å². The van der Waals surface area contributed by atoms with Crippen LogP contribution in [0, 0.1) is 34.6 Å². The predicted octanol–water partition coefficient (Wildman–Crippen LogP) is 3.37. The van der Waals surface area contributed by atoms with Crippen LogP contribution in [-0.4, -0.2) is 26.5 Å². The summed E-state index contributed by atoms with van der Waals surface area (Å²) in [4.78, 5) is 12.1. The number of hydrogen-bond donors (Lipinski definition) is 1. The molecule has 2 aromatic heterocycles. The number of hydrogen-bond acceptors (Lipinski definition) is 3. The second-order valence-electron chi connectivity index (χ2n) is 6.88. The van der Waals surface area contributed by atoms with Gasteiger partial charge in [-0.05, 0) is 58.9 Å². The standard InChI is InChI=1S/C21H25N5O/c1-14-6-8-20(9-7-14)26-17(4)11-19(18(26)5)12-22-23-21(27)13-25-16(3)10-15(2)24-25/h6-12H,13H2,1-5H3,(H,23,27)/b22-12+. The third kappa shape index (κ3) is 4.16. The molecule has 0 saturated carbocycles.